The van der Waals surface area contributed by atoms with Crippen LogP contribution in [0.2, 0.25) is 0 Å². The molecule has 2 aromatic heterocycles. The molecule has 26 heavy (non-hydrogen) atoms. The highest BCUT2D eigenvalue weighted by atomic mass is 16.5. The summed E-state index contributed by atoms with van der Waals surface area (Å²) >= 11 is 0. The fourth-order valence-electron chi connectivity index (χ4n) is 3.42. The molecule has 1 fully saturated rings. The van der Waals surface area contributed by atoms with Crippen LogP contribution in [0.15, 0.2) is 34.9 Å². The van der Waals surface area contributed by atoms with Crippen molar-refractivity contribution >= 4 is 5.95 Å². The lowest BCUT2D eigenvalue weighted by molar-refractivity contribution is 0.247. The summed E-state index contributed by atoms with van der Waals surface area (Å²) in [6.07, 6.45) is 0. The van der Waals surface area contributed by atoms with E-state index in [4.69, 9.17) is 4.52 Å². The number of nitrogens with zero attached hydrogens (tertiary/aromatic N) is 6. The van der Waals surface area contributed by atoms with Crippen LogP contribution in [-0.4, -0.2) is 51.0 Å². The Balaban J connectivity index is 1.39. The van der Waals surface area contributed by atoms with Crippen LogP contribution < -0.4 is 4.90 Å². The lowest BCUT2D eigenvalue weighted by atomic mass is 10.1. The van der Waals surface area contributed by atoms with Crippen LogP contribution in [0, 0.1) is 13.8 Å². The summed E-state index contributed by atoms with van der Waals surface area (Å²) in [5.74, 6) is 1.25. The lowest BCUT2D eigenvalue weighted by Crippen LogP contribution is -2.46. The van der Waals surface area contributed by atoms with Gasteiger partial charge in [0.15, 0.2) is 0 Å². The minimum atomic E-state index is 0.574. The van der Waals surface area contributed by atoms with E-state index in [0.29, 0.717) is 11.8 Å². The van der Waals surface area contributed by atoms with Gasteiger partial charge in [-0.05, 0) is 31.1 Å². The molecule has 136 valence electrons. The number of hydrogen-bond donors (Lipinski definition) is 0. The molecule has 0 amide bonds. The van der Waals surface area contributed by atoms with Crippen LogP contribution in [0.5, 0.6) is 0 Å². The van der Waals surface area contributed by atoms with E-state index in [0.717, 1.165) is 44.0 Å². The summed E-state index contributed by atoms with van der Waals surface area (Å²) in [5.41, 5.74) is 4.66. The second-order valence-electron chi connectivity index (χ2n) is 6.80. The Morgan fingerprint density at radius 2 is 1.77 bits per heavy atom. The first kappa shape index (κ1) is 16.8. The van der Waals surface area contributed by atoms with Crippen molar-refractivity contribution in [1.82, 2.24) is 24.8 Å². The van der Waals surface area contributed by atoms with Gasteiger partial charge in [-0.1, -0.05) is 18.2 Å². The Morgan fingerprint density at radius 1 is 1.04 bits per heavy atom. The maximum absolute atomic E-state index is 5.43. The zero-order valence-corrected chi connectivity index (χ0v) is 15.5. The maximum atomic E-state index is 5.43. The number of rotatable bonds is 4. The van der Waals surface area contributed by atoms with E-state index in [1.54, 1.807) is 0 Å². The van der Waals surface area contributed by atoms with Gasteiger partial charge in [-0.25, -0.2) is 0 Å². The summed E-state index contributed by atoms with van der Waals surface area (Å²) in [6, 6.07) is 9.88. The average molecular weight is 352 g/mol. The molecular weight excluding hydrogens is 328 g/mol. The molecule has 4 rings (SSSR count). The molecule has 1 aliphatic rings. The summed E-state index contributed by atoms with van der Waals surface area (Å²) in [7, 11) is 2.00. The number of aromatic nitrogens is 4. The summed E-state index contributed by atoms with van der Waals surface area (Å²) in [4.78, 5) is 9.21. The third-order valence-corrected chi connectivity index (χ3v) is 5.13. The van der Waals surface area contributed by atoms with E-state index in [1.807, 2.05) is 42.1 Å². The Bertz CT molecular complexity index is 877. The third kappa shape index (κ3) is 3.22. The molecule has 1 aliphatic heterocycles. The quantitative estimate of drug-likeness (QED) is 0.718. The van der Waals surface area contributed by atoms with Gasteiger partial charge in [0.05, 0.1) is 5.69 Å². The van der Waals surface area contributed by atoms with Crippen molar-refractivity contribution in [2.75, 3.05) is 31.1 Å². The molecule has 0 aliphatic carbocycles. The van der Waals surface area contributed by atoms with Crippen molar-refractivity contribution in [2.45, 2.75) is 20.4 Å². The molecule has 0 N–H and O–H groups in total. The highest BCUT2D eigenvalue weighted by molar-refractivity contribution is 5.54. The van der Waals surface area contributed by atoms with E-state index in [-0.39, 0.29) is 0 Å². The Hall–Kier alpha value is -2.67. The van der Waals surface area contributed by atoms with Gasteiger partial charge in [0, 0.05) is 56.6 Å². The van der Waals surface area contributed by atoms with Crippen LogP contribution in [0.1, 0.15) is 17.0 Å². The van der Waals surface area contributed by atoms with Crippen LogP contribution in [0.3, 0.4) is 0 Å². The third-order valence-electron chi connectivity index (χ3n) is 5.13. The Labute approximate surface area is 153 Å². The highest BCUT2D eigenvalue weighted by Crippen LogP contribution is 2.21. The van der Waals surface area contributed by atoms with Gasteiger partial charge < -0.3 is 9.42 Å². The van der Waals surface area contributed by atoms with Crippen molar-refractivity contribution < 1.29 is 4.52 Å². The molecule has 0 bridgehead atoms. The fourth-order valence-corrected chi connectivity index (χ4v) is 3.42. The molecule has 0 spiro atoms. The van der Waals surface area contributed by atoms with Crippen LogP contribution >= 0.6 is 0 Å². The van der Waals surface area contributed by atoms with Crippen molar-refractivity contribution in [3.8, 4) is 11.5 Å². The van der Waals surface area contributed by atoms with Crippen LogP contribution in [0.4, 0.5) is 5.95 Å². The Morgan fingerprint density at radius 3 is 2.42 bits per heavy atom. The minimum absolute atomic E-state index is 0.574. The van der Waals surface area contributed by atoms with Gasteiger partial charge in [0.25, 0.3) is 11.8 Å². The van der Waals surface area contributed by atoms with Gasteiger partial charge in [0.1, 0.15) is 0 Å². The van der Waals surface area contributed by atoms with Gasteiger partial charge >= 0.3 is 0 Å². The SMILES string of the molecule is Cc1nn(C)c(C)c1CN1CCN(c2noc(-c3ccccc3)n2)CC1. The van der Waals surface area contributed by atoms with Crippen molar-refractivity contribution in [2.24, 2.45) is 7.05 Å². The lowest BCUT2D eigenvalue weighted by Gasteiger charge is -2.33. The second kappa shape index (κ2) is 6.92. The molecule has 1 saturated heterocycles. The molecule has 7 heteroatoms. The summed E-state index contributed by atoms with van der Waals surface area (Å²) in [6.45, 7) is 8.91. The number of hydrogen-bond acceptors (Lipinski definition) is 6. The molecule has 3 heterocycles. The monoisotopic (exact) mass is 352 g/mol. The first-order valence-corrected chi connectivity index (χ1v) is 8.97. The molecule has 7 nitrogen and oxygen atoms in total. The molecule has 1 aromatic carbocycles. The van der Waals surface area contributed by atoms with Gasteiger partial charge in [-0.15, -0.1) is 0 Å². The first-order valence-electron chi connectivity index (χ1n) is 8.97. The highest BCUT2D eigenvalue weighted by Gasteiger charge is 2.23. The van der Waals surface area contributed by atoms with Crippen molar-refractivity contribution in [1.29, 1.82) is 0 Å². The number of anilines is 1. The van der Waals surface area contributed by atoms with E-state index in [9.17, 15) is 0 Å². The molecule has 0 unspecified atom stereocenters. The smallest absolute Gasteiger partial charge is 0.266 e. The molecule has 3 aromatic rings. The molecule has 0 atom stereocenters. The standard InChI is InChI=1S/C19H24N6O/c1-14-17(15(2)23(3)21-14)13-24-9-11-25(12-10-24)19-20-18(26-22-19)16-7-5-4-6-8-16/h4-8H,9-13H2,1-3H3. The van der Waals surface area contributed by atoms with E-state index < -0.39 is 0 Å². The molecule has 0 saturated carbocycles. The fraction of sp³-hybridized carbons (Fsp3) is 0.421. The summed E-state index contributed by atoms with van der Waals surface area (Å²) in [5, 5.41) is 8.68. The van der Waals surface area contributed by atoms with Crippen molar-refractivity contribution in [3.63, 3.8) is 0 Å². The predicted octanol–water partition coefficient (Wildman–Crippen LogP) is 2.41. The van der Waals surface area contributed by atoms with Gasteiger partial charge in [-0.2, -0.15) is 10.1 Å². The normalized spacial score (nSPS) is 15.6. The van der Waals surface area contributed by atoms with E-state index in [1.165, 1.54) is 11.3 Å². The van der Waals surface area contributed by atoms with Crippen LogP contribution in [-0.2, 0) is 13.6 Å². The molecular formula is C19H24N6O. The maximum Gasteiger partial charge on any atom is 0.266 e. The zero-order chi connectivity index (χ0) is 18.1. The van der Waals surface area contributed by atoms with E-state index >= 15 is 0 Å². The molecule has 0 radical (unpaired) electrons. The summed E-state index contributed by atoms with van der Waals surface area (Å²) < 4.78 is 7.40. The Kier molecular flexibility index (Phi) is 4.46. The zero-order valence-electron chi connectivity index (χ0n) is 15.5. The van der Waals surface area contributed by atoms with Gasteiger partial charge in [-0.3, -0.25) is 9.58 Å². The van der Waals surface area contributed by atoms with Crippen LogP contribution in [0.25, 0.3) is 11.5 Å². The number of aryl methyl sites for hydroxylation is 2. The average Bonchev–Trinajstić information content (AvgIpc) is 3.24. The van der Waals surface area contributed by atoms with Crippen molar-refractivity contribution in [3.05, 3.63) is 47.3 Å². The predicted molar refractivity (Wildman–Crippen MR) is 99.9 cm³/mol. The number of piperazine rings is 1. The topological polar surface area (TPSA) is 63.2 Å². The van der Waals surface area contributed by atoms with Gasteiger partial charge in [0.2, 0.25) is 0 Å². The minimum Gasteiger partial charge on any atom is -0.336 e. The number of benzene rings is 1. The second-order valence-corrected chi connectivity index (χ2v) is 6.80. The largest absolute Gasteiger partial charge is 0.336 e. The van der Waals surface area contributed by atoms with E-state index in [2.05, 4.69) is 38.9 Å². The first-order chi connectivity index (χ1) is 12.6.